The molecule has 42 valence electrons. The molecular formula is C5H12N2. The lowest BCUT2D eigenvalue weighted by molar-refractivity contribution is 0.265. The maximum absolute atomic E-state index is 5.55. The molecule has 4 N–H and O–H groups in total. The van der Waals surface area contributed by atoms with Crippen molar-refractivity contribution >= 4 is 0 Å². The molecule has 0 spiro atoms. The van der Waals surface area contributed by atoms with E-state index in [4.69, 9.17) is 11.5 Å². The van der Waals surface area contributed by atoms with Crippen molar-refractivity contribution in [3.63, 3.8) is 0 Å². The molecule has 0 heterocycles. The van der Waals surface area contributed by atoms with E-state index in [1.165, 1.54) is 12.8 Å². The monoisotopic (exact) mass is 100 g/mol. The topological polar surface area (TPSA) is 52.0 Å². The third-order valence-electron chi connectivity index (χ3n) is 1.78. The van der Waals surface area contributed by atoms with Crippen molar-refractivity contribution in [1.82, 2.24) is 0 Å². The molecule has 7 heavy (non-hydrogen) atoms. The average molecular weight is 100 g/mol. The van der Waals surface area contributed by atoms with Crippen molar-refractivity contribution in [1.29, 1.82) is 0 Å². The lowest BCUT2D eigenvalue weighted by Gasteiger charge is -2.31. The van der Waals surface area contributed by atoms with Crippen LogP contribution in [0.25, 0.3) is 0 Å². The van der Waals surface area contributed by atoms with Crippen molar-refractivity contribution in [3.05, 3.63) is 0 Å². The Morgan fingerprint density at radius 2 is 2.14 bits per heavy atom. The van der Waals surface area contributed by atoms with Crippen LogP contribution in [0.4, 0.5) is 0 Å². The molecule has 0 bridgehead atoms. The van der Waals surface area contributed by atoms with E-state index in [0.717, 1.165) is 6.54 Å². The SMILES string of the molecule is NC[C@@H]1CC[C@H]1N. The van der Waals surface area contributed by atoms with E-state index in [1.807, 2.05) is 0 Å². The van der Waals surface area contributed by atoms with Crippen LogP contribution in [0.5, 0.6) is 0 Å². The van der Waals surface area contributed by atoms with Crippen molar-refractivity contribution < 1.29 is 0 Å². The first kappa shape index (κ1) is 5.06. The fourth-order valence-corrected chi connectivity index (χ4v) is 0.887. The normalized spacial score (nSPS) is 40.3. The van der Waals surface area contributed by atoms with Gasteiger partial charge in [-0.3, -0.25) is 0 Å². The van der Waals surface area contributed by atoms with E-state index in [0.29, 0.717) is 12.0 Å². The van der Waals surface area contributed by atoms with E-state index in [9.17, 15) is 0 Å². The smallest absolute Gasteiger partial charge is 0.00793 e. The first-order valence-electron chi connectivity index (χ1n) is 2.80. The Morgan fingerprint density at radius 1 is 1.43 bits per heavy atom. The minimum atomic E-state index is 0.421. The van der Waals surface area contributed by atoms with Crippen molar-refractivity contribution in [2.75, 3.05) is 6.54 Å². The third kappa shape index (κ3) is 0.763. The van der Waals surface area contributed by atoms with Crippen molar-refractivity contribution in [2.45, 2.75) is 18.9 Å². The number of nitrogens with two attached hydrogens (primary N) is 2. The van der Waals surface area contributed by atoms with Gasteiger partial charge in [-0.2, -0.15) is 0 Å². The maximum Gasteiger partial charge on any atom is 0.00793 e. The summed E-state index contributed by atoms with van der Waals surface area (Å²) in [5, 5.41) is 0. The summed E-state index contributed by atoms with van der Waals surface area (Å²) < 4.78 is 0. The molecule has 2 nitrogen and oxygen atoms in total. The average Bonchev–Trinajstić information content (AvgIpc) is 1.65. The van der Waals surface area contributed by atoms with Gasteiger partial charge in [0, 0.05) is 6.04 Å². The van der Waals surface area contributed by atoms with Crippen LogP contribution >= 0.6 is 0 Å². The van der Waals surface area contributed by atoms with E-state index >= 15 is 0 Å². The quantitative estimate of drug-likeness (QED) is 0.474. The highest BCUT2D eigenvalue weighted by Gasteiger charge is 2.24. The molecule has 0 saturated heterocycles. The molecule has 0 aromatic rings. The molecule has 2 atom stereocenters. The van der Waals surface area contributed by atoms with Gasteiger partial charge in [0.15, 0.2) is 0 Å². The molecule has 0 unspecified atom stereocenters. The van der Waals surface area contributed by atoms with Crippen LogP contribution in [0, 0.1) is 5.92 Å². The van der Waals surface area contributed by atoms with Gasteiger partial charge >= 0.3 is 0 Å². The van der Waals surface area contributed by atoms with Gasteiger partial charge in [0.2, 0.25) is 0 Å². The van der Waals surface area contributed by atoms with Gasteiger partial charge < -0.3 is 11.5 Å². The Morgan fingerprint density at radius 3 is 2.14 bits per heavy atom. The fourth-order valence-electron chi connectivity index (χ4n) is 0.887. The first-order valence-corrected chi connectivity index (χ1v) is 2.80. The van der Waals surface area contributed by atoms with E-state index in [-0.39, 0.29) is 0 Å². The minimum Gasteiger partial charge on any atom is -0.330 e. The van der Waals surface area contributed by atoms with Gasteiger partial charge in [0.25, 0.3) is 0 Å². The predicted octanol–water partition coefficient (Wildman–Crippen LogP) is -0.318. The minimum absolute atomic E-state index is 0.421. The van der Waals surface area contributed by atoms with Crippen LogP contribution in [0.3, 0.4) is 0 Å². The van der Waals surface area contributed by atoms with Crippen LogP contribution in [0.1, 0.15) is 12.8 Å². The molecule has 0 amide bonds. The molecule has 1 aliphatic carbocycles. The lowest BCUT2D eigenvalue weighted by atomic mass is 9.80. The fraction of sp³-hybridized carbons (Fsp3) is 1.00. The zero-order valence-electron chi connectivity index (χ0n) is 4.43. The van der Waals surface area contributed by atoms with E-state index in [2.05, 4.69) is 0 Å². The van der Waals surface area contributed by atoms with E-state index < -0.39 is 0 Å². The molecule has 1 rings (SSSR count). The summed E-state index contributed by atoms with van der Waals surface area (Å²) in [4.78, 5) is 0. The summed E-state index contributed by atoms with van der Waals surface area (Å²) in [6.45, 7) is 0.779. The predicted molar refractivity (Wildman–Crippen MR) is 29.8 cm³/mol. The summed E-state index contributed by atoms with van der Waals surface area (Å²) in [6, 6.07) is 0.421. The number of hydrogen-bond donors (Lipinski definition) is 2. The second kappa shape index (κ2) is 1.80. The molecule has 0 aromatic heterocycles. The van der Waals surface area contributed by atoms with Gasteiger partial charge in [-0.25, -0.2) is 0 Å². The van der Waals surface area contributed by atoms with Gasteiger partial charge in [-0.15, -0.1) is 0 Å². The van der Waals surface area contributed by atoms with Gasteiger partial charge in [-0.1, -0.05) is 0 Å². The van der Waals surface area contributed by atoms with Gasteiger partial charge in [0.05, 0.1) is 0 Å². The van der Waals surface area contributed by atoms with Crippen LogP contribution in [-0.2, 0) is 0 Å². The van der Waals surface area contributed by atoms with Crippen molar-refractivity contribution in [2.24, 2.45) is 17.4 Å². The van der Waals surface area contributed by atoms with Crippen LogP contribution in [-0.4, -0.2) is 12.6 Å². The highest BCUT2D eigenvalue weighted by atomic mass is 14.7. The third-order valence-corrected chi connectivity index (χ3v) is 1.78. The molecule has 2 heteroatoms. The Labute approximate surface area is 43.9 Å². The highest BCUT2D eigenvalue weighted by Crippen LogP contribution is 2.23. The Hall–Kier alpha value is -0.0800. The largest absolute Gasteiger partial charge is 0.330 e. The van der Waals surface area contributed by atoms with Gasteiger partial charge in [0.1, 0.15) is 0 Å². The molecule has 0 radical (unpaired) electrons. The Balaban J connectivity index is 2.16. The Kier molecular flexibility index (Phi) is 1.30. The Bertz CT molecular complexity index is 61.1. The highest BCUT2D eigenvalue weighted by molar-refractivity contribution is 4.83. The van der Waals surface area contributed by atoms with E-state index in [1.54, 1.807) is 0 Å². The standard InChI is InChI=1S/C5H12N2/c6-3-4-1-2-5(4)7/h4-5H,1-3,6-7H2/t4-,5+/m0/s1. The molecular weight excluding hydrogens is 88.1 g/mol. The molecule has 0 aliphatic heterocycles. The second-order valence-electron chi connectivity index (χ2n) is 2.24. The van der Waals surface area contributed by atoms with Crippen LogP contribution in [0.15, 0.2) is 0 Å². The summed E-state index contributed by atoms with van der Waals surface area (Å²) >= 11 is 0. The summed E-state index contributed by atoms with van der Waals surface area (Å²) in [7, 11) is 0. The zero-order chi connectivity index (χ0) is 5.28. The second-order valence-corrected chi connectivity index (χ2v) is 2.24. The lowest BCUT2D eigenvalue weighted by Crippen LogP contribution is -2.43. The molecule has 0 aromatic carbocycles. The van der Waals surface area contributed by atoms with Crippen LogP contribution in [0.2, 0.25) is 0 Å². The van der Waals surface area contributed by atoms with Crippen LogP contribution < -0.4 is 11.5 Å². The molecule has 1 aliphatic rings. The zero-order valence-corrected chi connectivity index (χ0v) is 4.43. The molecule has 1 fully saturated rings. The first-order chi connectivity index (χ1) is 3.34. The summed E-state index contributed by atoms with van der Waals surface area (Å²) in [5.74, 6) is 0.639. The summed E-state index contributed by atoms with van der Waals surface area (Å²) in [5.41, 5.74) is 10.9. The maximum atomic E-state index is 5.55. The van der Waals surface area contributed by atoms with Crippen molar-refractivity contribution in [3.8, 4) is 0 Å². The number of rotatable bonds is 1. The molecule has 1 saturated carbocycles. The summed E-state index contributed by atoms with van der Waals surface area (Å²) in [6.07, 6.45) is 2.43. The number of hydrogen-bond acceptors (Lipinski definition) is 2. The van der Waals surface area contributed by atoms with Gasteiger partial charge in [-0.05, 0) is 25.3 Å².